The minimum absolute atomic E-state index is 0.267. The summed E-state index contributed by atoms with van der Waals surface area (Å²) in [6.07, 6.45) is 4.38. The molecule has 0 radical (unpaired) electrons. The molecule has 2 aromatic heterocycles. The Balaban J connectivity index is 1.85. The summed E-state index contributed by atoms with van der Waals surface area (Å²) in [5, 5.41) is 7.21. The van der Waals surface area contributed by atoms with Gasteiger partial charge in [0.2, 0.25) is 0 Å². The molecule has 0 atom stereocenters. The largest absolute Gasteiger partial charge is 0.396 e. The number of anilines is 2. The molecule has 116 valence electrons. The standard InChI is InChI=1S/C14H10Cl2N6O/c15-10-4-9(5-11(16)13(10)17)21-14(23)8-1-2-19-12(3-8)22-7-18-6-20-22/h1-7H,17H2,(H,21,23). The molecule has 0 saturated carbocycles. The van der Waals surface area contributed by atoms with Crippen LogP contribution in [0.15, 0.2) is 43.1 Å². The number of nitrogens with zero attached hydrogens (tertiary/aromatic N) is 4. The van der Waals surface area contributed by atoms with Crippen LogP contribution in [0.25, 0.3) is 5.82 Å². The number of aromatic nitrogens is 4. The maximum atomic E-state index is 12.3. The molecule has 1 amide bonds. The van der Waals surface area contributed by atoms with Gasteiger partial charge in [0.15, 0.2) is 5.82 Å². The van der Waals surface area contributed by atoms with Crippen molar-refractivity contribution in [3.8, 4) is 5.82 Å². The van der Waals surface area contributed by atoms with Gasteiger partial charge in [-0.1, -0.05) is 23.2 Å². The molecule has 3 aromatic rings. The van der Waals surface area contributed by atoms with Crippen LogP contribution < -0.4 is 11.1 Å². The number of hydrogen-bond acceptors (Lipinski definition) is 5. The molecule has 0 aliphatic carbocycles. The smallest absolute Gasteiger partial charge is 0.255 e. The fourth-order valence-electron chi connectivity index (χ4n) is 1.87. The van der Waals surface area contributed by atoms with Crippen LogP contribution in [-0.2, 0) is 0 Å². The van der Waals surface area contributed by atoms with Crippen molar-refractivity contribution in [3.05, 3.63) is 58.7 Å². The normalized spacial score (nSPS) is 10.5. The maximum absolute atomic E-state index is 12.3. The molecule has 0 saturated heterocycles. The number of nitrogens with one attached hydrogen (secondary N) is 1. The number of nitrogens with two attached hydrogens (primary N) is 1. The molecule has 0 unspecified atom stereocenters. The van der Waals surface area contributed by atoms with Crippen molar-refractivity contribution in [3.63, 3.8) is 0 Å². The minimum Gasteiger partial charge on any atom is -0.396 e. The van der Waals surface area contributed by atoms with Crippen molar-refractivity contribution in [1.29, 1.82) is 0 Å². The van der Waals surface area contributed by atoms with Gasteiger partial charge in [-0.25, -0.2) is 14.6 Å². The van der Waals surface area contributed by atoms with Gasteiger partial charge in [-0.15, -0.1) is 0 Å². The summed E-state index contributed by atoms with van der Waals surface area (Å²) < 4.78 is 1.45. The van der Waals surface area contributed by atoms with Crippen molar-refractivity contribution in [1.82, 2.24) is 19.7 Å². The number of pyridine rings is 1. The molecule has 0 aliphatic heterocycles. The number of hydrogen-bond donors (Lipinski definition) is 2. The second-order valence-electron chi connectivity index (χ2n) is 4.55. The second-order valence-corrected chi connectivity index (χ2v) is 5.36. The fraction of sp³-hybridized carbons (Fsp3) is 0. The number of carbonyl (C=O) groups excluding carboxylic acids is 1. The lowest BCUT2D eigenvalue weighted by Crippen LogP contribution is -2.13. The lowest BCUT2D eigenvalue weighted by Gasteiger charge is -2.09. The molecule has 7 nitrogen and oxygen atoms in total. The molecule has 1 aromatic carbocycles. The third-order valence-electron chi connectivity index (χ3n) is 3.00. The Bertz CT molecular complexity index is 842. The molecule has 0 spiro atoms. The summed E-state index contributed by atoms with van der Waals surface area (Å²) in [5.74, 6) is 0.134. The van der Waals surface area contributed by atoms with Gasteiger partial charge in [0.1, 0.15) is 12.7 Å². The monoisotopic (exact) mass is 348 g/mol. The Morgan fingerprint density at radius 1 is 1.22 bits per heavy atom. The molecule has 2 heterocycles. The zero-order valence-electron chi connectivity index (χ0n) is 11.6. The number of halogens is 2. The van der Waals surface area contributed by atoms with Crippen molar-refractivity contribution in [2.75, 3.05) is 11.1 Å². The molecular weight excluding hydrogens is 339 g/mol. The molecular formula is C14H10Cl2N6O. The summed E-state index contributed by atoms with van der Waals surface area (Å²) in [4.78, 5) is 20.3. The third-order valence-corrected chi connectivity index (χ3v) is 3.62. The lowest BCUT2D eigenvalue weighted by molar-refractivity contribution is 0.102. The summed E-state index contributed by atoms with van der Waals surface area (Å²) in [6, 6.07) is 6.22. The first-order chi connectivity index (χ1) is 11.0. The zero-order chi connectivity index (χ0) is 16.4. The maximum Gasteiger partial charge on any atom is 0.255 e. The first kappa shape index (κ1) is 15.3. The Hall–Kier alpha value is -2.64. The van der Waals surface area contributed by atoms with Gasteiger partial charge in [-0.2, -0.15) is 5.10 Å². The molecule has 0 aliphatic rings. The number of carbonyl (C=O) groups is 1. The predicted molar refractivity (Wildman–Crippen MR) is 88.0 cm³/mol. The average molecular weight is 349 g/mol. The molecule has 9 heteroatoms. The SMILES string of the molecule is Nc1c(Cl)cc(NC(=O)c2ccnc(-n3cncn3)c2)cc1Cl. The highest BCUT2D eigenvalue weighted by Crippen LogP contribution is 2.31. The zero-order valence-corrected chi connectivity index (χ0v) is 13.1. The predicted octanol–water partition coefficient (Wildman–Crippen LogP) is 2.80. The number of nitrogen functional groups attached to an aromatic ring is 1. The van der Waals surface area contributed by atoms with E-state index >= 15 is 0 Å². The molecule has 3 N–H and O–H groups in total. The topological polar surface area (TPSA) is 98.7 Å². The number of rotatable bonds is 3. The third kappa shape index (κ3) is 3.25. The van der Waals surface area contributed by atoms with E-state index in [1.165, 1.54) is 35.7 Å². The summed E-state index contributed by atoms with van der Waals surface area (Å²) in [7, 11) is 0. The van der Waals surface area contributed by atoms with E-state index in [4.69, 9.17) is 28.9 Å². The van der Waals surface area contributed by atoms with E-state index in [9.17, 15) is 4.79 Å². The van der Waals surface area contributed by atoms with E-state index in [1.807, 2.05) is 0 Å². The van der Waals surface area contributed by atoms with Crippen molar-refractivity contribution in [2.45, 2.75) is 0 Å². The minimum atomic E-state index is -0.342. The van der Waals surface area contributed by atoms with Crippen LogP contribution in [0.2, 0.25) is 10.0 Å². The van der Waals surface area contributed by atoms with Crippen molar-refractivity contribution >= 4 is 40.5 Å². The van der Waals surface area contributed by atoms with E-state index in [0.717, 1.165) is 0 Å². The Kier molecular flexibility index (Phi) is 4.14. The summed E-state index contributed by atoms with van der Waals surface area (Å²) >= 11 is 11.9. The van der Waals surface area contributed by atoms with Gasteiger partial charge in [0, 0.05) is 17.4 Å². The van der Waals surface area contributed by atoms with Gasteiger partial charge in [0.25, 0.3) is 5.91 Å². The fourth-order valence-corrected chi connectivity index (χ4v) is 2.36. The molecule has 3 rings (SSSR count). The van der Waals surface area contributed by atoms with Gasteiger partial charge < -0.3 is 11.1 Å². The highest BCUT2D eigenvalue weighted by Gasteiger charge is 2.11. The van der Waals surface area contributed by atoms with Crippen LogP contribution in [0.1, 0.15) is 10.4 Å². The molecule has 0 bridgehead atoms. The van der Waals surface area contributed by atoms with Gasteiger partial charge in [0.05, 0.1) is 15.7 Å². The van der Waals surface area contributed by atoms with Crippen molar-refractivity contribution < 1.29 is 4.79 Å². The van der Waals surface area contributed by atoms with Crippen LogP contribution in [0.4, 0.5) is 11.4 Å². The summed E-state index contributed by atoms with van der Waals surface area (Å²) in [5.41, 5.74) is 6.77. The van der Waals surface area contributed by atoms with Crippen LogP contribution >= 0.6 is 23.2 Å². The second kappa shape index (κ2) is 6.23. The first-order valence-corrected chi connectivity index (χ1v) is 7.17. The van der Waals surface area contributed by atoms with E-state index in [0.29, 0.717) is 17.1 Å². The molecule has 23 heavy (non-hydrogen) atoms. The van der Waals surface area contributed by atoms with Gasteiger partial charge in [-0.05, 0) is 24.3 Å². The van der Waals surface area contributed by atoms with Crippen LogP contribution in [-0.4, -0.2) is 25.7 Å². The average Bonchev–Trinajstić information content (AvgIpc) is 3.07. The van der Waals surface area contributed by atoms with E-state index in [-0.39, 0.29) is 21.6 Å². The highest BCUT2D eigenvalue weighted by molar-refractivity contribution is 6.39. The van der Waals surface area contributed by atoms with E-state index < -0.39 is 0 Å². The van der Waals surface area contributed by atoms with E-state index in [2.05, 4.69) is 20.4 Å². The van der Waals surface area contributed by atoms with Gasteiger partial charge >= 0.3 is 0 Å². The Labute approximate surface area is 141 Å². The van der Waals surface area contributed by atoms with E-state index in [1.54, 1.807) is 12.1 Å². The van der Waals surface area contributed by atoms with Crippen molar-refractivity contribution in [2.24, 2.45) is 0 Å². The first-order valence-electron chi connectivity index (χ1n) is 6.41. The Morgan fingerprint density at radius 2 is 1.96 bits per heavy atom. The van der Waals surface area contributed by atoms with Crippen LogP contribution in [0.5, 0.6) is 0 Å². The molecule has 0 fully saturated rings. The highest BCUT2D eigenvalue weighted by atomic mass is 35.5. The lowest BCUT2D eigenvalue weighted by atomic mass is 10.2. The Morgan fingerprint density at radius 3 is 2.61 bits per heavy atom. The van der Waals surface area contributed by atoms with Crippen LogP contribution in [0.3, 0.4) is 0 Å². The van der Waals surface area contributed by atoms with Crippen LogP contribution in [0, 0.1) is 0 Å². The summed E-state index contributed by atoms with van der Waals surface area (Å²) in [6.45, 7) is 0. The van der Waals surface area contributed by atoms with Gasteiger partial charge in [-0.3, -0.25) is 4.79 Å². The quantitative estimate of drug-likeness (QED) is 0.709. The number of amides is 1. The number of benzene rings is 1.